The minimum absolute atomic E-state index is 0.220. The fraction of sp³-hybridized carbons (Fsp3) is 1.00. The van der Waals surface area contributed by atoms with Crippen LogP contribution in [0, 0.1) is 0 Å². The molecule has 0 aromatic rings. The summed E-state index contributed by atoms with van der Waals surface area (Å²) < 4.78 is 53.0. The summed E-state index contributed by atoms with van der Waals surface area (Å²) in [7, 11) is -3.56. The molecule has 1 atom stereocenters. The first kappa shape index (κ1) is 35.0. The zero-order chi connectivity index (χ0) is 26.9. The van der Waals surface area contributed by atoms with Gasteiger partial charge in [0.1, 0.15) is 0 Å². The lowest BCUT2D eigenvalue weighted by molar-refractivity contribution is -0.120. The van der Waals surface area contributed by atoms with E-state index in [1.807, 2.05) is 0 Å². The minimum Gasteiger partial charge on any atom is -0.379 e. The molecule has 0 aromatic carbocycles. The lowest BCUT2D eigenvalue weighted by Gasteiger charge is -2.34. The molecule has 0 aliphatic carbocycles. The number of hydrogen-bond donors (Lipinski definition) is 0. The van der Waals surface area contributed by atoms with Crippen molar-refractivity contribution in [3.63, 3.8) is 0 Å². The SMILES string of the molecule is CCCCCCCCCCCCC1(CCOP(=O)(OCC)OCC)COCCCOCCOCCCO1. The van der Waals surface area contributed by atoms with E-state index in [0.717, 1.165) is 25.7 Å². The van der Waals surface area contributed by atoms with Gasteiger partial charge >= 0.3 is 7.82 Å². The molecule has 0 radical (unpaired) electrons. The Bertz CT molecular complexity index is 524. The van der Waals surface area contributed by atoms with Crippen LogP contribution in [0.15, 0.2) is 0 Å². The Morgan fingerprint density at radius 1 is 0.622 bits per heavy atom. The number of phosphoric ester groups is 1. The summed E-state index contributed by atoms with van der Waals surface area (Å²) in [4.78, 5) is 0. The van der Waals surface area contributed by atoms with Crippen molar-refractivity contribution in [3.05, 3.63) is 0 Å². The summed E-state index contributed by atoms with van der Waals surface area (Å²) in [5.41, 5.74) is -0.506. The van der Waals surface area contributed by atoms with Gasteiger partial charge < -0.3 is 18.9 Å². The third kappa shape index (κ3) is 18.8. The second-order valence-electron chi connectivity index (χ2n) is 9.81. The zero-order valence-electron chi connectivity index (χ0n) is 24.2. The van der Waals surface area contributed by atoms with Crippen molar-refractivity contribution >= 4 is 7.82 Å². The summed E-state index contributed by atoms with van der Waals surface area (Å²) in [6, 6.07) is 0. The van der Waals surface area contributed by atoms with Gasteiger partial charge in [-0.15, -0.1) is 0 Å². The number of rotatable bonds is 19. The standard InChI is InChI=1S/C28H57O8P/c1-4-7-8-9-10-11-12-13-14-15-18-28(19-24-36-37(29,34-5-2)35-6-3)27-32-22-16-20-30-25-26-31-21-17-23-33-28/h4-27H2,1-3H3. The van der Waals surface area contributed by atoms with Gasteiger partial charge in [0, 0.05) is 32.8 Å². The van der Waals surface area contributed by atoms with Gasteiger partial charge in [-0.2, -0.15) is 0 Å². The van der Waals surface area contributed by atoms with Gasteiger partial charge in [-0.3, -0.25) is 13.6 Å². The van der Waals surface area contributed by atoms with Crippen LogP contribution in [0.25, 0.3) is 0 Å². The molecule has 1 saturated heterocycles. The molecule has 9 heteroatoms. The molecule has 1 aliphatic rings. The van der Waals surface area contributed by atoms with Crippen molar-refractivity contribution < 1.29 is 37.1 Å². The van der Waals surface area contributed by atoms with Gasteiger partial charge in [0.2, 0.25) is 0 Å². The van der Waals surface area contributed by atoms with Crippen LogP contribution in [0.3, 0.4) is 0 Å². The molecule has 0 amide bonds. The van der Waals surface area contributed by atoms with Gasteiger partial charge in [0.05, 0.1) is 45.2 Å². The van der Waals surface area contributed by atoms with E-state index in [1.165, 1.54) is 57.8 Å². The summed E-state index contributed by atoms with van der Waals surface area (Å²) in [6.07, 6.45) is 15.9. The van der Waals surface area contributed by atoms with Crippen molar-refractivity contribution in [2.24, 2.45) is 0 Å². The van der Waals surface area contributed by atoms with Crippen LogP contribution in [0.5, 0.6) is 0 Å². The summed E-state index contributed by atoms with van der Waals surface area (Å²) >= 11 is 0. The number of ether oxygens (including phenoxy) is 4. The first-order valence-electron chi connectivity index (χ1n) is 15.0. The van der Waals surface area contributed by atoms with Gasteiger partial charge in [-0.25, -0.2) is 4.57 Å². The van der Waals surface area contributed by atoms with Gasteiger partial charge in [-0.05, 0) is 33.1 Å². The third-order valence-corrected chi connectivity index (χ3v) is 8.17. The Labute approximate surface area is 227 Å². The normalized spacial score (nSPS) is 21.1. The highest BCUT2D eigenvalue weighted by atomic mass is 31.2. The Morgan fingerprint density at radius 2 is 1.16 bits per heavy atom. The van der Waals surface area contributed by atoms with E-state index >= 15 is 0 Å². The summed E-state index contributed by atoms with van der Waals surface area (Å²) in [5, 5.41) is 0. The van der Waals surface area contributed by atoms with E-state index in [4.69, 9.17) is 32.5 Å². The molecule has 37 heavy (non-hydrogen) atoms. The molecule has 8 nitrogen and oxygen atoms in total. The minimum atomic E-state index is -3.56. The molecule has 1 fully saturated rings. The number of phosphoric acid groups is 1. The molecule has 0 saturated carbocycles. The van der Waals surface area contributed by atoms with Crippen molar-refractivity contribution in [2.45, 2.75) is 116 Å². The van der Waals surface area contributed by atoms with Crippen LogP contribution in [0.1, 0.15) is 111 Å². The maximum atomic E-state index is 12.8. The van der Waals surface area contributed by atoms with E-state index < -0.39 is 13.4 Å². The first-order chi connectivity index (χ1) is 18.1. The lowest BCUT2D eigenvalue weighted by atomic mass is 9.92. The van der Waals surface area contributed by atoms with Crippen LogP contribution in [0.4, 0.5) is 0 Å². The smallest absolute Gasteiger partial charge is 0.379 e. The zero-order valence-corrected chi connectivity index (χ0v) is 25.1. The molecule has 1 heterocycles. The van der Waals surface area contributed by atoms with Gasteiger partial charge in [0.15, 0.2) is 0 Å². The van der Waals surface area contributed by atoms with Gasteiger partial charge in [-0.1, -0.05) is 71.1 Å². The van der Waals surface area contributed by atoms with Gasteiger partial charge in [0.25, 0.3) is 0 Å². The van der Waals surface area contributed by atoms with E-state index in [0.29, 0.717) is 52.7 Å². The van der Waals surface area contributed by atoms with Crippen LogP contribution in [0.2, 0.25) is 0 Å². The van der Waals surface area contributed by atoms with Crippen LogP contribution in [-0.2, 0) is 37.1 Å². The number of unbranched alkanes of at least 4 members (excludes halogenated alkanes) is 9. The molecule has 0 aromatic heterocycles. The topological polar surface area (TPSA) is 81.7 Å². The summed E-state index contributed by atoms with van der Waals surface area (Å²) in [6.45, 7) is 10.7. The lowest BCUT2D eigenvalue weighted by Crippen LogP contribution is -2.40. The van der Waals surface area contributed by atoms with Crippen molar-refractivity contribution in [2.75, 3.05) is 66.1 Å². The van der Waals surface area contributed by atoms with E-state index in [2.05, 4.69) is 6.92 Å². The molecule has 0 bridgehead atoms. The molecule has 222 valence electrons. The molecule has 0 N–H and O–H groups in total. The van der Waals surface area contributed by atoms with Crippen molar-refractivity contribution in [1.29, 1.82) is 0 Å². The van der Waals surface area contributed by atoms with Crippen LogP contribution < -0.4 is 0 Å². The van der Waals surface area contributed by atoms with E-state index in [1.54, 1.807) is 13.8 Å². The molecule has 0 spiro atoms. The average molecular weight is 553 g/mol. The highest BCUT2D eigenvalue weighted by Crippen LogP contribution is 2.49. The second kappa shape index (κ2) is 23.8. The maximum absolute atomic E-state index is 12.8. The van der Waals surface area contributed by atoms with E-state index in [-0.39, 0.29) is 19.8 Å². The first-order valence-corrected chi connectivity index (χ1v) is 16.5. The largest absolute Gasteiger partial charge is 0.474 e. The van der Waals surface area contributed by atoms with Crippen molar-refractivity contribution in [1.82, 2.24) is 0 Å². The van der Waals surface area contributed by atoms with Crippen LogP contribution >= 0.6 is 7.82 Å². The predicted octanol–water partition coefficient (Wildman–Crippen LogP) is 7.48. The monoisotopic (exact) mass is 552 g/mol. The quantitative estimate of drug-likeness (QED) is 0.120. The highest BCUT2D eigenvalue weighted by molar-refractivity contribution is 7.48. The fourth-order valence-electron chi connectivity index (χ4n) is 4.45. The Balaban J connectivity index is 2.65. The molecular weight excluding hydrogens is 495 g/mol. The average Bonchev–Trinajstić information content (AvgIpc) is 2.88. The molecular formula is C28H57O8P. The molecule has 1 aliphatic heterocycles. The second-order valence-corrected chi connectivity index (χ2v) is 11.5. The predicted molar refractivity (Wildman–Crippen MR) is 148 cm³/mol. The Morgan fingerprint density at radius 3 is 1.76 bits per heavy atom. The number of hydrogen-bond acceptors (Lipinski definition) is 8. The Hall–Kier alpha value is -0.0500. The highest BCUT2D eigenvalue weighted by Gasteiger charge is 2.33. The summed E-state index contributed by atoms with van der Waals surface area (Å²) in [5.74, 6) is 0. The van der Waals surface area contributed by atoms with E-state index in [9.17, 15) is 4.57 Å². The maximum Gasteiger partial charge on any atom is 0.474 e. The Kier molecular flexibility index (Phi) is 22.5. The molecule has 1 unspecified atom stereocenters. The fourth-order valence-corrected chi connectivity index (χ4v) is 5.63. The van der Waals surface area contributed by atoms with Crippen molar-refractivity contribution in [3.8, 4) is 0 Å². The third-order valence-electron chi connectivity index (χ3n) is 6.52. The molecule has 1 rings (SSSR count). The van der Waals surface area contributed by atoms with Crippen LogP contribution in [-0.4, -0.2) is 71.7 Å².